The maximum Gasteiger partial charge on any atom is 0.393 e. The zero-order valence-corrected chi connectivity index (χ0v) is 24.7. The van der Waals surface area contributed by atoms with E-state index in [0.29, 0.717) is 56.5 Å². The molecule has 0 spiro atoms. The van der Waals surface area contributed by atoms with E-state index >= 15 is 4.39 Å². The molecule has 3 aliphatic heterocycles. The van der Waals surface area contributed by atoms with E-state index in [1.165, 1.54) is 24.5 Å². The number of hydrogen-bond acceptors (Lipinski definition) is 8. The van der Waals surface area contributed by atoms with Gasteiger partial charge in [-0.2, -0.15) is 13.2 Å². The number of piperidine rings is 1. The zero-order chi connectivity index (χ0) is 31.1. The van der Waals surface area contributed by atoms with Crippen molar-refractivity contribution < 1.29 is 31.9 Å². The number of aromatic nitrogens is 2. The molecule has 1 aromatic carbocycles. The first-order valence-electron chi connectivity index (χ1n) is 14.4. The lowest BCUT2D eigenvalue weighted by molar-refractivity contribution is -0.197. The third kappa shape index (κ3) is 6.85. The van der Waals surface area contributed by atoms with E-state index < -0.39 is 48.6 Å². The average Bonchev–Trinajstić information content (AvgIpc) is 2.94. The number of hydrogen-bond donors (Lipinski definition) is 2. The van der Waals surface area contributed by atoms with E-state index in [2.05, 4.69) is 25.5 Å². The smallest absolute Gasteiger partial charge is 0.372 e. The van der Waals surface area contributed by atoms with Crippen LogP contribution in [0.3, 0.4) is 0 Å². The van der Waals surface area contributed by atoms with Crippen LogP contribution in [0.1, 0.15) is 27.2 Å². The van der Waals surface area contributed by atoms with Crippen molar-refractivity contribution in [3.8, 4) is 11.1 Å². The van der Waals surface area contributed by atoms with Gasteiger partial charge in [0.05, 0.1) is 35.4 Å². The van der Waals surface area contributed by atoms with E-state index in [9.17, 15) is 22.8 Å². The fourth-order valence-corrected chi connectivity index (χ4v) is 5.85. The molecule has 10 nitrogen and oxygen atoms in total. The van der Waals surface area contributed by atoms with Gasteiger partial charge in [0.2, 0.25) is 17.8 Å². The molecule has 0 bridgehead atoms. The summed E-state index contributed by atoms with van der Waals surface area (Å²) in [4.78, 5) is 40.0. The Labute approximate surface area is 247 Å². The van der Waals surface area contributed by atoms with E-state index in [4.69, 9.17) is 4.74 Å². The second kappa shape index (κ2) is 11.9. The lowest BCUT2D eigenvalue weighted by Crippen LogP contribution is -2.51. The molecule has 3 saturated heterocycles. The number of rotatable bonds is 5. The summed E-state index contributed by atoms with van der Waals surface area (Å²) in [6.07, 6.45) is -2.59. The number of morpholine rings is 1. The Hall–Kier alpha value is -3.52. The third-order valence-electron chi connectivity index (χ3n) is 8.47. The van der Waals surface area contributed by atoms with Gasteiger partial charge in [-0.05, 0) is 40.0 Å². The largest absolute Gasteiger partial charge is 0.393 e. The van der Waals surface area contributed by atoms with Crippen molar-refractivity contribution in [2.24, 2.45) is 11.8 Å². The van der Waals surface area contributed by atoms with Crippen molar-refractivity contribution in [3.63, 3.8) is 0 Å². The standard InChI is InChI=1S/C29H37F4N7O3/c1-17-15-39(6-5-38(17)4)24-11-22(30)19(18-12-35-27(36-13-18)40-7-8-43-28(2,3)16-40)9-23(24)37-26(42)20-14-34-25(41)10-21(20)29(31,32)33/h9,11-13,17,20-21H,5-8,10,14-16H2,1-4H3,(H,34,41)(H,37,42)/t17-,20?,21?/m0/s1. The molecule has 4 heterocycles. The fraction of sp³-hybridized carbons (Fsp3) is 0.586. The highest BCUT2D eigenvalue weighted by Gasteiger charge is 2.50. The number of likely N-dealkylation sites (N-methyl/N-ethyl adjacent to an activating group) is 1. The molecule has 0 aliphatic carbocycles. The highest BCUT2D eigenvalue weighted by atomic mass is 19.4. The second-order valence-corrected chi connectivity index (χ2v) is 12.2. The molecule has 3 aliphatic rings. The van der Waals surface area contributed by atoms with Gasteiger partial charge in [0.1, 0.15) is 5.82 Å². The monoisotopic (exact) mass is 607 g/mol. The van der Waals surface area contributed by atoms with Crippen LogP contribution >= 0.6 is 0 Å². The molecular weight excluding hydrogens is 570 g/mol. The number of alkyl halides is 3. The second-order valence-electron chi connectivity index (χ2n) is 12.2. The molecule has 3 atom stereocenters. The Morgan fingerprint density at radius 3 is 2.51 bits per heavy atom. The molecule has 5 rings (SSSR count). The van der Waals surface area contributed by atoms with Crippen molar-refractivity contribution in [1.29, 1.82) is 0 Å². The molecular formula is C29H37F4N7O3. The number of benzene rings is 1. The highest BCUT2D eigenvalue weighted by molar-refractivity contribution is 5.98. The van der Waals surface area contributed by atoms with Gasteiger partial charge in [-0.15, -0.1) is 0 Å². The van der Waals surface area contributed by atoms with Crippen LogP contribution in [0.5, 0.6) is 0 Å². The molecule has 14 heteroatoms. The molecule has 2 aromatic rings. The normalized spacial score (nSPS) is 24.9. The number of ether oxygens (including phenoxy) is 1. The number of halogens is 4. The molecule has 3 fully saturated rings. The van der Waals surface area contributed by atoms with E-state index in [1.54, 1.807) is 0 Å². The van der Waals surface area contributed by atoms with Crippen LogP contribution in [0, 0.1) is 17.7 Å². The average molecular weight is 608 g/mol. The summed E-state index contributed by atoms with van der Waals surface area (Å²) >= 11 is 0. The zero-order valence-electron chi connectivity index (χ0n) is 24.7. The topological polar surface area (TPSA) is 103 Å². The van der Waals surface area contributed by atoms with Crippen LogP contribution in [0.25, 0.3) is 11.1 Å². The number of carbonyl (C=O) groups excluding carboxylic acids is 2. The number of nitrogens with one attached hydrogen (secondary N) is 2. The van der Waals surface area contributed by atoms with Gasteiger partial charge in [0.25, 0.3) is 0 Å². The Morgan fingerprint density at radius 1 is 1.14 bits per heavy atom. The lowest BCUT2D eigenvalue weighted by atomic mass is 9.84. The Balaban J connectivity index is 1.47. The van der Waals surface area contributed by atoms with E-state index in [-0.39, 0.29) is 22.9 Å². The highest BCUT2D eigenvalue weighted by Crippen LogP contribution is 2.39. The minimum Gasteiger partial charge on any atom is -0.372 e. The fourth-order valence-electron chi connectivity index (χ4n) is 5.85. The first kappa shape index (κ1) is 30.9. The molecule has 2 amide bonds. The molecule has 43 heavy (non-hydrogen) atoms. The SMILES string of the molecule is C[C@H]1CN(c2cc(F)c(-c3cnc(N4CCOC(C)(C)C4)nc3)cc2NC(=O)C2CNC(=O)CC2C(F)(F)F)CCN1C. The van der Waals surface area contributed by atoms with Crippen molar-refractivity contribution >= 4 is 29.1 Å². The van der Waals surface area contributed by atoms with Gasteiger partial charge >= 0.3 is 6.18 Å². The molecule has 0 radical (unpaired) electrons. The lowest BCUT2D eigenvalue weighted by Gasteiger charge is -2.40. The van der Waals surface area contributed by atoms with Crippen LogP contribution < -0.4 is 20.4 Å². The summed E-state index contributed by atoms with van der Waals surface area (Å²) in [5.41, 5.74) is 0.614. The van der Waals surface area contributed by atoms with Crippen molar-refractivity contribution in [3.05, 3.63) is 30.3 Å². The van der Waals surface area contributed by atoms with Crippen molar-refractivity contribution in [2.45, 2.75) is 45.0 Å². The first-order valence-corrected chi connectivity index (χ1v) is 14.4. The number of nitrogens with zero attached hydrogens (tertiary/aromatic N) is 5. The van der Waals surface area contributed by atoms with Gasteiger partial charge in [-0.1, -0.05) is 0 Å². The van der Waals surface area contributed by atoms with E-state index in [0.717, 1.165) is 0 Å². The summed E-state index contributed by atoms with van der Waals surface area (Å²) < 4.78 is 62.9. The van der Waals surface area contributed by atoms with Crippen LogP contribution in [0.4, 0.5) is 34.9 Å². The Kier molecular flexibility index (Phi) is 8.54. The quantitative estimate of drug-likeness (QED) is 0.500. The van der Waals surface area contributed by atoms with Crippen molar-refractivity contribution in [1.82, 2.24) is 20.2 Å². The number of carbonyl (C=O) groups is 2. The molecule has 2 N–H and O–H groups in total. The first-order chi connectivity index (χ1) is 20.2. The summed E-state index contributed by atoms with van der Waals surface area (Å²) in [7, 11) is 1.98. The minimum atomic E-state index is -4.74. The number of piperazine rings is 1. The van der Waals surface area contributed by atoms with E-state index in [1.807, 2.05) is 37.6 Å². The Morgan fingerprint density at radius 2 is 1.86 bits per heavy atom. The Bertz CT molecular complexity index is 1350. The van der Waals surface area contributed by atoms with Gasteiger partial charge in [0, 0.05) is 75.3 Å². The summed E-state index contributed by atoms with van der Waals surface area (Å²) in [6, 6.07) is 2.84. The predicted molar refractivity (Wildman–Crippen MR) is 153 cm³/mol. The summed E-state index contributed by atoms with van der Waals surface area (Å²) in [5, 5.41) is 5.02. The van der Waals surface area contributed by atoms with Gasteiger partial charge < -0.3 is 30.1 Å². The predicted octanol–water partition coefficient (Wildman–Crippen LogP) is 3.29. The van der Waals surface area contributed by atoms with Crippen LogP contribution in [-0.2, 0) is 14.3 Å². The number of amides is 2. The molecule has 0 saturated carbocycles. The third-order valence-corrected chi connectivity index (χ3v) is 8.47. The minimum absolute atomic E-state index is 0.0967. The van der Waals surface area contributed by atoms with Crippen LogP contribution in [0.2, 0.25) is 0 Å². The van der Waals surface area contributed by atoms with Gasteiger partial charge in [-0.25, -0.2) is 14.4 Å². The molecule has 1 aromatic heterocycles. The maximum atomic E-state index is 15.7. The molecule has 234 valence electrons. The van der Waals surface area contributed by atoms with Gasteiger partial charge in [0.15, 0.2) is 0 Å². The molecule has 2 unspecified atom stereocenters. The van der Waals surface area contributed by atoms with Gasteiger partial charge in [-0.3, -0.25) is 9.59 Å². The van der Waals surface area contributed by atoms with Crippen LogP contribution in [0.15, 0.2) is 24.5 Å². The summed E-state index contributed by atoms with van der Waals surface area (Å²) in [5.74, 6) is -5.43. The number of anilines is 3. The maximum absolute atomic E-state index is 15.7. The van der Waals surface area contributed by atoms with Crippen LogP contribution in [-0.4, -0.2) is 97.4 Å². The summed E-state index contributed by atoms with van der Waals surface area (Å²) in [6.45, 7) is 8.94. The van der Waals surface area contributed by atoms with Crippen molar-refractivity contribution in [2.75, 3.05) is 68.0 Å².